The van der Waals surface area contributed by atoms with Gasteiger partial charge in [-0.15, -0.1) is 0 Å². The highest BCUT2D eigenvalue weighted by Gasteiger charge is 2.31. The highest BCUT2D eigenvalue weighted by atomic mass is 35.5. The fourth-order valence-corrected chi connectivity index (χ4v) is 3.82. The molecule has 0 aliphatic carbocycles. The van der Waals surface area contributed by atoms with Crippen LogP contribution in [-0.2, 0) is 16.1 Å². The average Bonchev–Trinajstić information content (AvgIpc) is 3.28. The molecule has 2 heterocycles. The molecule has 2 amide bonds. The quantitative estimate of drug-likeness (QED) is 0.576. The number of hydrogen-bond donors (Lipinski definition) is 1. The van der Waals surface area contributed by atoms with Crippen LogP contribution < -0.4 is 24.4 Å². The number of halogens is 1. The van der Waals surface area contributed by atoms with Crippen molar-refractivity contribution in [2.24, 2.45) is 0 Å². The van der Waals surface area contributed by atoms with Crippen LogP contribution in [-0.4, -0.2) is 25.2 Å². The number of ether oxygens (including phenoxy) is 3. The van der Waals surface area contributed by atoms with Crippen molar-refractivity contribution >= 4 is 35.2 Å². The summed E-state index contributed by atoms with van der Waals surface area (Å²) in [7, 11) is 0. The predicted molar refractivity (Wildman–Crippen MR) is 123 cm³/mol. The first-order valence-corrected chi connectivity index (χ1v) is 10.7. The standard InChI is InChI=1S/C25H19ClN2O5/c26-18-5-3-4-16(10-18)11-23-25(30)28(19-6-1-2-7-20(19)33-23)14-24(29)27-13-17-8-9-21-22(12-17)32-15-31-21/h1-12H,13-15H2,(H,27,29)/b23-11+. The Morgan fingerprint density at radius 2 is 1.85 bits per heavy atom. The van der Waals surface area contributed by atoms with E-state index in [1.165, 1.54) is 4.90 Å². The summed E-state index contributed by atoms with van der Waals surface area (Å²) in [4.78, 5) is 27.4. The van der Waals surface area contributed by atoms with Gasteiger partial charge in [0.05, 0.1) is 5.69 Å². The van der Waals surface area contributed by atoms with Crippen LogP contribution in [0.15, 0.2) is 72.5 Å². The summed E-state index contributed by atoms with van der Waals surface area (Å²) in [5, 5.41) is 3.40. The van der Waals surface area contributed by atoms with E-state index in [1.54, 1.807) is 48.5 Å². The van der Waals surface area contributed by atoms with E-state index in [-0.39, 0.29) is 25.0 Å². The second-order valence-corrected chi connectivity index (χ2v) is 7.93. The molecule has 166 valence electrons. The molecule has 7 nitrogen and oxygen atoms in total. The molecular weight excluding hydrogens is 444 g/mol. The van der Waals surface area contributed by atoms with Crippen LogP contribution in [0.2, 0.25) is 5.02 Å². The number of amides is 2. The Kier molecular flexibility index (Phi) is 5.62. The van der Waals surface area contributed by atoms with E-state index in [0.29, 0.717) is 34.5 Å². The van der Waals surface area contributed by atoms with E-state index < -0.39 is 5.91 Å². The van der Waals surface area contributed by atoms with Crippen molar-refractivity contribution in [3.63, 3.8) is 0 Å². The van der Waals surface area contributed by atoms with Crippen LogP contribution >= 0.6 is 11.6 Å². The van der Waals surface area contributed by atoms with Gasteiger partial charge < -0.3 is 19.5 Å². The number of para-hydroxylation sites is 2. The molecule has 0 radical (unpaired) electrons. The molecule has 2 aliphatic heterocycles. The number of benzene rings is 3. The Labute approximate surface area is 195 Å². The highest BCUT2D eigenvalue weighted by molar-refractivity contribution is 6.30. The SMILES string of the molecule is O=C(CN1C(=O)/C(=C\c2cccc(Cl)c2)Oc2ccccc21)NCc1ccc2c(c1)OCO2. The second kappa shape index (κ2) is 8.88. The largest absolute Gasteiger partial charge is 0.454 e. The number of hydrogen-bond acceptors (Lipinski definition) is 5. The Morgan fingerprint density at radius 3 is 2.73 bits per heavy atom. The van der Waals surface area contributed by atoms with Crippen molar-refractivity contribution in [3.05, 3.63) is 88.6 Å². The van der Waals surface area contributed by atoms with Gasteiger partial charge in [-0.2, -0.15) is 0 Å². The van der Waals surface area contributed by atoms with E-state index in [9.17, 15) is 9.59 Å². The number of carbonyl (C=O) groups excluding carboxylic acids is 2. The van der Waals surface area contributed by atoms with Gasteiger partial charge in [0.15, 0.2) is 23.0 Å². The predicted octanol–water partition coefficient (Wildman–Crippen LogP) is 4.15. The molecular formula is C25H19ClN2O5. The molecule has 8 heteroatoms. The monoisotopic (exact) mass is 462 g/mol. The van der Waals surface area contributed by atoms with E-state index in [2.05, 4.69) is 5.32 Å². The third-order valence-corrected chi connectivity index (χ3v) is 5.44. The molecule has 3 aromatic rings. The van der Waals surface area contributed by atoms with E-state index >= 15 is 0 Å². The zero-order chi connectivity index (χ0) is 22.8. The first kappa shape index (κ1) is 20.9. The Balaban J connectivity index is 1.33. The smallest absolute Gasteiger partial charge is 0.294 e. The zero-order valence-corrected chi connectivity index (χ0v) is 18.2. The molecule has 1 N–H and O–H groups in total. The summed E-state index contributed by atoms with van der Waals surface area (Å²) < 4.78 is 16.5. The summed E-state index contributed by atoms with van der Waals surface area (Å²) in [5.74, 6) is 1.22. The van der Waals surface area contributed by atoms with Crippen LogP contribution in [0.1, 0.15) is 11.1 Å². The molecule has 0 saturated carbocycles. The van der Waals surface area contributed by atoms with Crippen LogP contribution in [0.5, 0.6) is 17.2 Å². The summed E-state index contributed by atoms with van der Waals surface area (Å²) in [6.07, 6.45) is 1.61. The average molecular weight is 463 g/mol. The number of rotatable bonds is 5. The lowest BCUT2D eigenvalue weighted by molar-refractivity contribution is -0.123. The molecule has 0 aromatic heterocycles. The van der Waals surface area contributed by atoms with Crippen molar-refractivity contribution in [1.82, 2.24) is 5.32 Å². The number of fused-ring (bicyclic) bond motifs is 2. The summed E-state index contributed by atoms with van der Waals surface area (Å²) in [5.41, 5.74) is 2.12. The van der Waals surface area contributed by atoms with Crippen molar-refractivity contribution in [2.45, 2.75) is 6.54 Å². The molecule has 0 spiro atoms. The van der Waals surface area contributed by atoms with Crippen LogP contribution in [0.3, 0.4) is 0 Å². The van der Waals surface area contributed by atoms with Crippen molar-refractivity contribution in [3.8, 4) is 17.2 Å². The number of nitrogens with zero attached hydrogens (tertiary/aromatic N) is 1. The minimum Gasteiger partial charge on any atom is -0.454 e. The molecule has 0 saturated heterocycles. The molecule has 0 atom stereocenters. The fraction of sp³-hybridized carbons (Fsp3) is 0.120. The third-order valence-electron chi connectivity index (χ3n) is 5.21. The topological polar surface area (TPSA) is 77.1 Å². The Hall–Kier alpha value is -3.97. The second-order valence-electron chi connectivity index (χ2n) is 7.49. The van der Waals surface area contributed by atoms with Crippen LogP contribution in [0, 0.1) is 0 Å². The molecule has 0 unspecified atom stereocenters. The van der Waals surface area contributed by atoms with Gasteiger partial charge in [0.25, 0.3) is 5.91 Å². The third kappa shape index (κ3) is 4.49. The van der Waals surface area contributed by atoms with Crippen molar-refractivity contribution in [2.75, 3.05) is 18.2 Å². The fourth-order valence-electron chi connectivity index (χ4n) is 3.62. The number of nitrogens with one attached hydrogen (secondary N) is 1. The highest BCUT2D eigenvalue weighted by Crippen LogP contribution is 2.36. The van der Waals surface area contributed by atoms with Crippen molar-refractivity contribution in [1.29, 1.82) is 0 Å². The first-order valence-electron chi connectivity index (χ1n) is 10.3. The maximum absolute atomic E-state index is 13.2. The minimum atomic E-state index is -0.410. The molecule has 5 rings (SSSR count). The lowest BCUT2D eigenvalue weighted by Gasteiger charge is -2.30. The maximum atomic E-state index is 13.2. The Bertz CT molecular complexity index is 1270. The van der Waals surface area contributed by atoms with Gasteiger partial charge in [0, 0.05) is 11.6 Å². The number of anilines is 1. The molecule has 3 aromatic carbocycles. The minimum absolute atomic E-state index is 0.111. The lowest BCUT2D eigenvalue weighted by Crippen LogP contribution is -2.44. The van der Waals surface area contributed by atoms with Gasteiger partial charge in [-0.1, -0.05) is 41.9 Å². The van der Waals surface area contributed by atoms with E-state index in [1.807, 2.05) is 24.3 Å². The van der Waals surface area contributed by atoms with Crippen LogP contribution in [0.4, 0.5) is 5.69 Å². The van der Waals surface area contributed by atoms with Crippen LogP contribution in [0.25, 0.3) is 6.08 Å². The van der Waals surface area contributed by atoms with Gasteiger partial charge in [-0.05, 0) is 53.6 Å². The van der Waals surface area contributed by atoms with Crippen molar-refractivity contribution < 1.29 is 23.8 Å². The van der Waals surface area contributed by atoms with Gasteiger partial charge in [-0.25, -0.2) is 0 Å². The van der Waals surface area contributed by atoms with Gasteiger partial charge >= 0.3 is 0 Å². The van der Waals surface area contributed by atoms with Gasteiger partial charge in [0.1, 0.15) is 6.54 Å². The lowest BCUT2D eigenvalue weighted by atomic mass is 10.1. The maximum Gasteiger partial charge on any atom is 0.294 e. The van der Waals surface area contributed by atoms with E-state index in [4.69, 9.17) is 25.8 Å². The zero-order valence-electron chi connectivity index (χ0n) is 17.4. The van der Waals surface area contributed by atoms with Gasteiger partial charge in [0.2, 0.25) is 12.7 Å². The Morgan fingerprint density at radius 1 is 1.00 bits per heavy atom. The summed E-state index contributed by atoms with van der Waals surface area (Å²) >= 11 is 6.06. The summed E-state index contributed by atoms with van der Waals surface area (Å²) in [6.45, 7) is 0.326. The molecule has 0 bridgehead atoms. The van der Waals surface area contributed by atoms with Gasteiger partial charge in [-0.3, -0.25) is 14.5 Å². The van der Waals surface area contributed by atoms with E-state index in [0.717, 1.165) is 11.1 Å². The summed E-state index contributed by atoms with van der Waals surface area (Å²) in [6, 6.07) is 19.7. The normalized spacial score (nSPS) is 15.2. The molecule has 2 aliphatic rings. The molecule has 0 fully saturated rings. The molecule has 33 heavy (non-hydrogen) atoms. The number of carbonyl (C=O) groups is 2. The first-order chi connectivity index (χ1) is 16.1.